The van der Waals surface area contributed by atoms with Crippen molar-refractivity contribution in [2.24, 2.45) is 0 Å². The summed E-state index contributed by atoms with van der Waals surface area (Å²) < 4.78 is 43.9. The Hall–Kier alpha value is -5.14. The maximum atomic E-state index is 13.9. The van der Waals surface area contributed by atoms with Crippen LogP contribution in [-0.2, 0) is 19.3 Å². The molecule has 2 aromatic carbocycles. The van der Waals surface area contributed by atoms with Crippen LogP contribution in [0.1, 0.15) is 69.1 Å². The Balaban J connectivity index is 0.000000242. The number of methoxy groups -OCH3 is 1. The van der Waals surface area contributed by atoms with Crippen LogP contribution < -0.4 is 15.2 Å². The molecule has 2 atom stereocenters. The zero-order valence-corrected chi connectivity index (χ0v) is 30.4. The number of anilines is 1. The van der Waals surface area contributed by atoms with Crippen molar-refractivity contribution >= 4 is 44.7 Å². The first-order valence-electron chi connectivity index (χ1n) is 17.4. The summed E-state index contributed by atoms with van der Waals surface area (Å²) in [5, 5.41) is 10.2. The van der Waals surface area contributed by atoms with Crippen molar-refractivity contribution in [1.82, 2.24) is 25.1 Å². The second kappa shape index (κ2) is 12.8. The summed E-state index contributed by atoms with van der Waals surface area (Å²) in [4.78, 5) is 26.3. The van der Waals surface area contributed by atoms with Crippen molar-refractivity contribution in [1.29, 1.82) is 0 Å². The maximum Gasteiger partial charge on any atom is 0.257 e. The molecule has 1 fully saturated rings. The van der Waals surface area contributed by atoms with Crippen molar-refractivity contribution in [3.8, 4) is 33.4 Å². The third kappa shape index (κ3) is 5.77. The number of benzene rings is 2. The predicted octanol–water partition coefficient (Wildman–Crippen LogP) is 8.39. The second-order valence-corrected chi connectivity index (χ2v) is 15.3. The number of nitrogen functional groups attached to an aromatic ring is 1. The van der Waals surface area contributed by atoms with Gasteiger partial charge in [0.25, 0.3) is 11.8 Å². The number of aromatic nitrogens is 4. The Morgan fingerprint density at radius 2 is 1.98 bits per heavy atom. The minimum atomic E-state index is -2.59. The van der Waals surface area contributed by atoms with Gasteiger partial charge in [-0.3, -0.25) is 9.78 Å². The molecule has 1 aliphatic carbocycles. The lowest BCUT2D eigenvalue weighted by molar-refractivity contribution is 0.0127. The highest BCUT2D eigenvalue weighted by molar-refractivity contribution is 7.22. The number of ether oxygens (including phenoxy) is 2. The highest BCUT2D eigenvalue weighted by atomic mass is 35.5. The van der Waals surface area contributed by atoms with Crippen LogP contribution in [-0.4, -0.2) is 57.2 Å². The summed E-state index contributed by atoms with van der Waals surface area (Å²) in [5.41, 5.74) is 12.4. The average molecular weight is 755 g/mol. The van der Waals surface area contributed by atoms with Crippen molar-refractivity contribution in [2.75, 3.05) is 26.0 Å². The van der Waals surface area contributed by atoms with Gasteiger partial charge in [0.05, 0.1) is 47.0 Å². The third-order valence-electron chi connectivity index (χ3n) is 10.4. The Bertz CT molecular complexity index is 2450. The van der Waals surface area contributed by atoms with Crippen LogP contribution in [0.15, 0.2) is 59.1 Å². The number of thiophene rings is 1. The molecule has 0 bridgehead atoms. The molecular formula is C39H33ClF2N6O4S. The number of nitrogens with zero attached hydrogens (tertiary/aromatic N) is 5. The number of aryl methyl sites for hydroxylation is 1. The lowest BCUT2D eigenvalue weighted by Crippen LogP contribution is -2.22. The van der Waals surface area contributed by atoms with E-state index >= 15 is 0 Å². The topological polar surface area (TPSA) is 129 Å². The molecule has 1 amide bonds. The second-order valence-electron chi connectivity index (χ2n) is 13.8. The van der Waals surface area contributed by atoms with Gasteiger partial charge >= 0.3 is 0 Å². The number of carbonyl (C=O) groups excluding carboxylic acids is 1. The van der Waals surface area contributed by atoms with Crippen LogP contribution in [0.25, 0.3) is 32.0 Å². The van der Waals surface area contributed by atoms with Crippen molar-refractivity contribution < 1.29 is 27.5 Å². The Morgan fingerprint density at radius 3 is 2.77 bits per heavy atom. The van der Waals surface area contributed by atoms with E-state index < -0.39 is 5.92 Å². The average Bonchev–Trinajstić information content (AvgIpc) is 3.98. The van der Waals surface area contributed by atoms with Crippen molar-refractivity contribution in [2.45, 2.75) is 56.9 Å². The third-order valence-corrected chi connectivity index (χ3v) is 11.8. The fourth-order valence-corrected chi connectivity index (χ4v) is 9.38. The van der Waals surface area contributed by atoms with Crippen LogP contribution in [0.2, 0.25) is 5.02 Å². The molecule has 10 nitrogen and oxygen atoms in total. The number of amides is 1. The van der Waals surface area contributed by atoms with Gasteiger partial charge in [-0.15, -0.1) is 21.5 Å². The van der Waals surface area contributed by atoms with E-state index in [1.54, 1.807) is 31.3 Å². The first-order chi connectivity index (χ1) is 25.6. The summed E-state index contributed by atoms with van der Waals surface area (Å²) in [6.45, 7) is 2.98. The number of fused-ring (bicyclic) bond motifs is 6. The fraction of sp³-hybridized carbons (Fsp3) is 0.308. The maximum absolute atomic E-state index is 13.9. The molecule has 4 aromatic heterocycles. The molecule has 2 N–H and O–H groups in total. The molecule has 0 saturated carbocycles. The predicted molar refractivity (Wildman–Crippen MR) is 197 cm³/mol. The van der Waals surface area contributed by atoms with Gasteiger partial charge in [-0.25, -0.2) is 13.8 Å². The van der Waals surface area contributed by atoms with Gasteiger partial charge in [-0.1, -0.05) is 29.8 Å². The highest BCUT2D eigenvalue weighted by Crippen LogP contribution is 2.51. The van der Waals surface area contributed by atoms with Crippen molar-refractivity contribution in [3.05, 3.63) is 99.3 Å². The SMILES string of the molecule is COc1cccc2c1CC(F)(F)C2.Cc1nnc(-c2c(CC3COc4cc(Cl)ccc43)nc3c(c2-c2cc4ccnc(N)c4s2)C(=O)N2CCCC32)o1. The van der Waals surface area contributed by atoms with Gasteiger partial charge in [-0.05, 0) is 54.1 Å². The van der Waals surface area contributed by atoms with Crippen LogP contribution in [0.4, 0.5) is 14.6 Å². The molecule has 7 heterocycles. The normalized spacial score (nSPS) is 19.0. The lowest BCUT2D eigenvalue weighted by atomic mass is 9.89. The van der Waals surface area contributed by atoms with E-state index in [9.17, 15) is 13.6 Å². The van der Waals surface area contributed by atoms with Crippen molar-refractivity contribution in [3.63, 3.8) is 0 Å². The Morgan fingerprint density at radius 1 is 1.11 bits per heavy atom. The number of carbonyl (C=O) groups is 1. The summed E-state index contributed by atoms with van der Waals surface area (Å²) in [5.74, 6) is 0.0688. The zero-order valence-electron chi connectivity index (χ0n) is 28.8. The monoisotopic (exact) mass is 754 g/mol. The summed E-state index contributed by atoms with van der Waals surface area (Å²) in [6.07, 6.45) is 3.78. The van der Waals surface area contributed by atoms with E-state index in [-0.39, 0.29) is 30.7 Å². The molecule has 1 saturated heterocycles. The molecular weight excluding hydrogens is 722 g/mol. The molecule has 270 valence electrons. The largest absolute Gasteiger partial charge is 0.496 e. The molecule has 3 aliphatic heterocycles. The Labute approximate surface area is 311 Å². The number of hydrogen-bond acceptors (Lipinski definition) is 10. The van der Waals surface area contributed by atoms with E-state index in [2.05, 4.69) is 21.2 Å². The Kier molecular flexibility index (Phi) is 8.11. The minimum absolute atomic E-state index is 0.00298. The summed E-state index contributed by atoms with van der Waals surface area (Å²) in [6, 6.07) is 14.9. The van der Waals surface area contributed by atoms with E-state index in [0.29, 0.717) is 63.7 Å². The minimum Gasteiger partial charge on any atom is -0.496 e. The van der Waals surface area contributed by atoms with Gasteiger partial charge in [-0.2, -0.15) is 0 Å². The fourth-order valence-electron chi connectivity index (χ4n) is 8.10. The molecule has 14 heteroatoms. The molecule has 10 rings (SSSR count). The van der Waals surface area contributed by atoms with E-state index in [0.717, 1.165) is 62.6 Å². The molecule has 0 spiro atoms. The standard InChI is InChI=1S/C29H23ClN6O3S.C10H10F2O/c1-13-34-35-28(39-13)22-18(9-15-12-38-20-11-16(30)4-5-17(15)20)33-25-19-3-2-8-36(19)29(37)24(25)23(22)21-10-14-6-7-32-27(31)26(14)40-21;1-13-9-4-2-3-7-5-10(11,12)6-8(7)9/h4-7,10-11,15,19H,2-3,8-9,12H2,1H3,(H2,31,32);2-4H,5-6H2,1H3. The number of alkyl halides is 2. The van der Waals surface area contributed by atoms with E-state index in [4.69, 9.17) is 36.2 Å². The molecule has 0 radical (unpaired) electrons. The highest BCUT2D eigenvalue weighted by Gasteiger charge is 2.45. The number of hydrogen-bond donors (Lipinski definition) is 1. The van der Waals surface area contributed by atoms with Gasteiger partial charge in [0.15, 0.2) is 0 Å². The lowest BCUT2D eigenvalue weighted by Gasteiger charge is -2.18. The number of halogens is 3. The van der Waals surface area contributed by atoms with Crippen LogP contribution >= 0.6 is 22.9 Å². The summed E-state index contributed by atoms with van der Waals surface area (Å²) >= 11 is 7.75. The summed E-state index contributed by atoms with van der Waals surface area (Å²) in [7, 11) is 1.51. The van der Waals surface area contributed by atoms with Gasteiger partial charge in [0.2, 0.25) is 11.8 Å². The quantitative estimate of drug-likeness (QED) is 0.185. The van der Waals surface area contributed by atoms with E-state index in [1.807, 2.05) is 29.2 Å². The molecule has 6 aromatic rings. The number of pyridine rings is 2. The van der Waals surface area contributed by atoms with Crippen LogP contribution in [0.5, 0.6) is 11.5 Å². The van der Waals surface area contributed by atoms with Crippen LogP contribution in [0, 0.1) is 6.92 Å². The first-order valence-corrected chi connectivity index (χ1v) is 18.6. The van der Waals surface area contributed by atoms with Crippen LogP contribution in [0.3, 0.4) is 0 Å². The molecule has 4 aliphatic rings. The number of nitrogens with two attached hydrogens (primary N) is 1. The molecule has 2 unspecified atom stereocenters. The number of rotatable bonds is 5. The molecule has 53 heavy (non-hydrogen) atoms. The van der Waals surface area contributed by atoms with Gasteiger partial charge in [0, 0.05) is 71.4 Å². The van der Waals surface area contributed by atoms with E-state index in [1.165, 1.54) is 18.4 Å². The zero-order chi connectivity index (χ0) is 36.6. The van der Waals surface area contributed by atoms with Gasteiger partial charge in [0.1, 0.15) is 17.3 Å². The van der Waals surface area contributed by atoms with Gasteiger partial charge < -0.3 is 24.5 Å². The first kappa shape index (κ1) is 33.7. The smallest absolute Gasteiger partial charge is 0.257 e.